The first-order valence-electron chi connectivity index (χ1n) is 13.7. The molecule has 4 heterocycles. The molecule has 10 rings (SSSR count). The maximum atomic E-state index is 6.81. The molecule has 0 fully saturated rings. The Morgan fingerprint density at radius 1 is 0.500 bits per heavy atom. The number of hydrogen-bond donors (Lipinski definition) is 0. The molecular formula is C37H21NO2. The minimum Gasteiger partial charge on any atom is -0.453 e. The molecule has 40 heavy (non-hydrogen) atoms. The van der Waals surface area contributed by atoms with Crippen LogP contribution in [-0.2, 0) is 5.41 Å². The van der Waals surface area contributed by atoms with Crippen molar-refractivity contribution in [2.45, 2.75) is 5.41 Å². The zero-order valence-corrected chi connectivity index (χ0v) is 21.4. The molecule has 2 aliphatic rings. The summed E-state index contributed by atoms with van der Waals surface area (Å²) in [6, 6.07) is 45.6. The fourth-order valence-corrected chi connectivity index (χ4v) is 7.56. The highest BCUT2D eigenvalue weighted by Crippen LogP contribution is 2.61. The van der Waals surface area contributed by atoms with E-state index in [0.29, 0.717) is 0 Å². The molecule has 0 saturated carbocycles. The first-order chi connectivity index (χ1) is 19.9. The van der Waals surface area contributed by atoms with Crippen LogP contribution in [0.2, 0.25) is 0 Å². The van der Waals surface area contributed by atoms with Crippen molar-refractivity contribution in [2.24, 2.45) is 0 Å². The van der Waals surface area contributed by atoms with Crippen molar-refractivity contribution in [3.63, 3.8) is 0 Å². The van der Waals surface area contributed by atoms with Crippen LogP contribution in [0.3, 0.4) is 0 Å². The molecule has 186 valence electrons. The second kappa shape index (κ2) is 7.02. The standard InChI is InChI=1S/C37H21NO2/c1-5-16-30-22(10-1)24-12-9-15-28-34(24)38(30)31-17-6-3-13-26(31)37(28)27-14-4-8-19-33(27)40-36-29(37)21-20-25-23-11-2-7-18-32(23)39-35(25)36/h1-21H. The molecule has 0 saturated heterocycles. The van der Waals surface area contributed by atoms with Crippen molar-refractivity contribution in [3.05, 3.63) is 150 Å². The van der Waals surface area contributed by atoms with Crippen LogP contribution in [0.1, 0.15) is 22.3 Å². The van der Waals surface area contributed by atoms with Gasteiger partial charge in [0, 0.05) is 32.7 Å². The van der Waals surface area contributed by atoms with Gasteiger partial charge in [-0.25, -0.2) is 0 Å². The number of hydrogen-bond acceptors (Lipinski definition) is 2. The maximum Gasteiger partial charge on any atom is 0.178 e. The number of furan rings is 1. The summed E-state index contributed by atoms with van der Waals surface area (Å²) >= 11 is 0. The second-order valence-electron chi connectivity index (χ2n) is 10.8. The lowest BCUT2D eigenvalue weighted by molar-refractivity contribution is 0.430. The number of nitrogens with zero attached hydrogens (tertiary/aromatic N) is 1. The Morgan fingerprint density at radius 3 is 2.17 bits per heavy atom. The average molecular weight is 512 g/mol. The van der Waals surface area contributed by atoms with Gasteiger partial charge in [0.25, 0.3) is 0 Å². The van der Waals surface area contributed by atoms with Crippen LogP contribution >= 0.6 is 0 Å². The molecule has 2 aliphatic heterocycles. The monoisotopic (exact) mass is 511 g/mol. The van der Waals surface area contributed by atoms with Gasteiger partial charge in [0.1, 0.15) is 11.3 Å². The van der Waals surface area contributed by atoms with Crippen molar-refractivity contribution in [1.82, 2.24) is 4.57 Å². The summed E-state index contributed by atoms with van der Waals surface area (Å²) in [6.45, 7) is 0. The first-order valence-corrected chi connectivity index (χ1v) is 13.7. The van der Waals surface area contributed by atoms with E-state index in [4.69, 9.17) is 9.15 Å². The summed E-state index contributed by atoms with van der Waals surface area (Å²) in [5.74, 6) is 1.66. The fraction of sp³-hybridized carbons (Fsp3) is 0.0270. The third kappa shape index (κ3) is 2.22. The first kappa shape index (κ1) is 20.7. The number of fused-ring (bicyclic) bond motifs is 15. The number of para-hydroxylation sites is 5. The normalized spacial score (nSPS) is 16.8. The van der Waals surface area contributed by atoms with Gasteiger partial charge in [-0.1, -0.05) is 97.1 Å². The van der Waals surface area contributed by atoms with Crippen LogP contribution < -0.4 is 4.74 Å². The van der Waals surface area contributed by atoms with E-state index in [-0.39, 0.29) is 0 Å². The third-order valence-electron chi connectivity index (χ3n) is 9.06. The lowest BCUT2D eigenvalue weighted by Gasteiger charge is -2.44. The van der Waals surface area contributed by atoms with Gasteiger partial charge in [-0.15, -0.1) is 0 Å². The van der Waals surface area contributed by atoms with Gasteiger partial charge in [0.05, 0.1) is 22.1 Å². The third-order valence-corrected chi connectivity index (χ3v) is 9.06. The number of benzene rings is 6. The Hall–Kier alpha value is -5.28. The Bertz CT molecular complexity index is 2370. The topological polar surface area (TPSA) is 27.3 Å². The molecule has 3 heteroatoms. The lowest BCUT2D eigenvalue weighted by atomic mass is 9.61. The summed E-state index contributed by atoms with van der Waals surface area (Å²) in [5.41, 5.74) is 9.49. The van der Waals surface area contributed by atoms with E-state index in [9.17, 15) is 0 Å². The highest BCUT2D eigenvalue weighted by Gasteiger charge is 2.50. The van der Waals surface area contributed by atoms with Crippen molar-refractivity contribution in [1.29, 1.82) is 0 Å². The van der Waals surface area contributed by atoms with E-state index in [0.717, 1.165) is 44.6 Å². The molecule has 0 bridgehead atoms. The molecule has 0 radical (unpaired) electrons. The number of ether oxygens (including phenoxy) is 1. The molecular weight excluding hydrogens is 490 g/mol. The predicted molar refractivity (Wildman–Crippen MR) is 160 cm³/mol. The van der Waals surface area contributed by atoms with Crippen LogP contribution in [0.5, 0.6) is 11.5 Å². The van der Waals surface area contributed by atoms with Crippen molar-refractivity contribution in [2.75, 3.05) is 0 Å². The summed E-state index contributed by atoms with van der Waals surface area (Å²) in [6.07, 6.45) is 0. The van der Waals surface area contributed by atoms with E-state index < -0.39 is 5.41 Å². The zero-order chi connectivity index (χ0) is 26.0. The quantitative estimate of drug-likeness (QED) is 0.203. The second-order valence-corrected chi connectivity index (χ2v) is 10.8. The summed E-state index contributed by atoms with van der Waals surface area (Å²) in [7, 11) is 0. The molecule has 3 nitrogen and oxygen atoms in total. The molecule has 8 aromatic rings. The molecule has 6 aromatic carbocycles. The number of aromatic nitrogens is 1. The van der Waals surface area contributed by atoms with Crippen molar-refractivity contribution in [3.8, 4) is 17.2 Å². The van der Waals surface area contributed by atoms with Gasteiger partial charge in [-0.3, -0.25) is 0 Å². The van der Waals surface area contributed by atoms with Crippen molar-refractivity contribution < 1.29 is 9.15 Å². The van der Waals surface area contributed by atoms with Crippen LogP contribution in [0.25, 0.3) is 49.4 Å². The fourth-order valence-electron chi connectivity index (χ4n) is 7.56. The van der Waals surface area contributed by atoms with Gasteiger partial charge in [0.15, 0.2) is 11.3 Å². The Morgan fingerprint density at radius 2 is 1.23 bits per heavy atom. The number of rotatable bonds is 0. The van der Waals surface area contributed by atoms with Crippen LogP contribution in [0, 0.1) is 0 Å². The molecule has 2 aromatic heterocycles. The molecule has 1 spiro atoms. The Kier molecular flexibility index (Phi) is 3.62. The summed E-state index contributed by atoms with van der Waals surface area (Å²) < 4.78 is 15.8. The Labute approximate surface area is 229 Å². The molecule has 0 aliphatic carbocycles. The van der Waals surface area contributed by atoms with Gasteiger partial charge in [-0.05, 0) is 41.5 Å². The van der Waals surface area contributed by atoms with Crippen LogP contribution in [0.15, 0.2) is 132 Å². The van der Waals surface area contributed by atoms with E-state index in [1.54, 1.807) is 0 Å². The predicted octanol–water partition coefficient (Wildman–Crippen LogP) is 9.48. The minimum absolute atomic E-state index is 0.585. The van der Waals surface area contributed by atoms with Gasteiger partial charge >= 0.3 is 0 Å². The van der Waals surface area contributed by atoms with E-state index in [1.807, 2.05) is 12.1 Å². The summed E-state index contributed by atoms with van der Waals surface area (Å²) in [5, 5.41) is 4.69. The minimum atomic E-state index is -0.585. The van der Waals surface area contributed by atoms with Crippen LogP contribution in [0.4, 0.5) is 0 Å². The molecule has 1 unspecified atom stereocenters. The van der Waals surface area contributed by atoms with Gasteiger partial charge in [0.2, 0.25) is 0 Å². The average Bonchev–Trinajstić information content (AvgIpc) is 3.56. The van der Waals surface area contributed by atoms with E-state index in [1.165, 1.54) is 38.6 Å². The summed E-state index contributed by atoms with van der Waals surface area (Å²) in [4.78, 5) is 0. The highest BCUT2D eigenvalue weighted by molar-refractivity contribution is 6.13. The molecule has 0 N–H and O–H groups in total. The van der Waals surface area contributed by atoms with Gasteiger partial charge < -0.3 is 13.7 Å². The van der Waals surface area contributed by atoms with E-state index in [2.05, 4.69) is 120 Å². The smallest absolute Gasteiger partial charge is 0.178 e. The Balaban J connectivity index is 1.47. The molecule has 1 atom stereocenters. The largest absolute Gasteiger partial charge is 0.453 e. The highest BCUT2D eigenvalue weighted by atomic mass is 16.5. The lowest BCUT2D eigenvalue weighted by Crippen LogP contribution is -2.37. The van der Waals surface area contributed by atoms with Gasteiger partial charge in [-0.2, -0.15) is 0 Å². The van der Waals surface area contributed by atoms with E-state index >= 15 is 0 Å². The molecule has 0 amide bonds. The van der Waals surface area contributed by atoms with Crippen molar-refractivity contribution >= 4 is 43.7 Å². The van der Waals surface area contributed by atoms with Crippen LogP contribution in [-0.4, -0.2) is 4.57 Å². The maximum absolute atomic E-state index is 6.81. The SMILES string of the molecule is c1ccc2c(c1)Oc1c(ccc3c1oc1ccccc13)C21c2ccccc2-n2c3ccccc3c3cccc1c32. The zero-order valence-electron chi connectivity index (χ0n) is 21.4.